The van der Waals surface area contributed by atoms with E-state index in [0.717, 1.165) is 0 Å². The molecule has 0 aliphatic carbocycles. The predicted octanol–water partition coefficient (Wildman–Crippen LogP) is 2.78. The van der Waals surface area contributed by atoms with Gasteiger partial charge in [0.15, 0.2) is 28.4 Å². The highest BCUT2D eigenvalue weighted by molar-refractivity contribution is 7.80. The van der Waals surface area contributed by atoms with Crippen LogP contribution in [0.1, 0.15) is 21.7 Å². The zero-order valence-corrected chi connectivity index (χ0v) is 13.2. The topological polar surface area (TPSA) is 66.9 Å². The number of amides is 1. The Labute approximate surface area is 139 Å². The molecule has 2 rings (SSSR count). The van der Waals surface area contributed by atoms with Crippen molar-refractivity contribution in [3.8, 4) is 0 Å². The van der Waals surface area contributed by atoms with Crippen LogP contribution in [0.15, 0.2) is 12.1 Å². The van der Waals surface area contributed by atoms with Gasteiger partial charge in [0.1, 0.15) is 0 Å². The molecule has 0 saturated carbocycles. The highest BCUT2D eigenvalue weighted by Gasteiger charge is 2.23. The first-order chi connectivity index (χ1) is 11.2. The second kappa shape index (κ2) is 6.87. The van der Waals surface area contributed by atoms with Crippen molar-refractivity contribution in [2.24, 2.45) is 0 Å². The minimum atomic E-state index is -2.09. The Morgan fingerprint density at radius 3 is 2.17 bits per heavy atom. The summed E-state index contributed by atoms with van der Waals surface area (Å²) in [4.78, 5) is 19.9. The van der Waals surface area contributed by atoms with Crippen LogP contribution in [0.3, 0.4) is 0 Å². The van der Waals surface area contributed by atoms with Crippen LogP contribution in [-0.2, 0) is 0 Å². The van der Waals surface area contributed by atoms with Crippen molar-refractivity contribution in [3.05, 3.63) is 52.4 Å². The summed E-state index contributed by atoms with van der Waals surface area (Å²) in [6.07, 6.45) is 0. The average molecular weight is 358 g/mol. The number of hydrogen-bond acceptors (Lipinski definition) is 4. The quantitative estimate of drug-likeness (QED) is 0.374. The van der Waals surface area contributed by atoms with Gasteiger partial charge in [-0.1, -0.05) is 0 Å². The number of thiocarbonyl (C=S) groups is 1. The summed E-state index contributed by atoms with van der Waals surface area (Å²) in [7, 11) is 0. The number of rotatable bonds is 2. The van der Waals surface area contributed by atoms with Crippen molar-refractivity contribution < 1.29 is 22.4 Å². The summed E-state index contributed by atoms with van der Waals surface area (Å²) in [5, 5.41) is 4.16. The molecule has 2 N–H and O–H groups in total. The molecule has 1 aromatic carbocycles. The zero-order chi connectivity index (χ0) is 18.0. The van der Waals surface area contributed by atoms with E-state index in [1.807, 2.05) is 5.32 Å². The van der Waals surface area contributed by atoms with Gasteiger partial charge < -0.3 is 5.32 Å². The van der Waals surface area contributed by atoms with E-state index in [-0.39, 0.29) is 17.1 Å². The van der Waals surface area contributed by atoms with Gasteiger partial charge in [-0.25, -0.2) is 27.5 Å². The predicted molar refractivity (Wildman–Crippen MR) is 81.5 cm³/mol. The first kappa shape index (κ1) is 17.7. The molecule has 0 fully saturated rings. The van der Waals surface area contributed by atoms with Crippen LogP contribution < -0.4 is 10.6 Å². The Morgan fingerprint density at radius 2 is 1.58 bits per heavy atom. The maximum absolute atomic E-state index is 13.5. The van der Waals surface area contributed by atoms with Crippen LogP contribution in [0.25, 0.3) is 0 Å². The van der Waals surface area contributed by atoms with E-state index in [2.05, 4.69) is 15.3 Å². The summed E-state index contributed by atoms with van der Waals surface area (Å²) >= 11 is 4.83. The standard InChI is InChI=1S/C14H10F4N4OS/c1-5-3-6(2)20-13(19-5)22-14(24)21-12(23)7-4-8(15)10(17)11(18)9(7)16/h3-4H,1-2H3,(H2,19,20,21,22,23,24). The number of nitrogens with zero attached hydrogens (tertiary/aromatic N) is 2. The summed E-state index contributed by atoms with van der Waals surface area (Å²) in [5.74, 6) is -8.79. The van der Waals surface area contributed by atoms with E-state index in [9.17, 15) is 22.4 Å². The van der Waals surface area contributed by atoms with Gasteiger partial charge in [-0.2, -0.15) is 0 Å². The molecule has 1 heterocycles. The molecule has 126 valence electrons. The van der Waals surface area contributed by atoms with Gasteiger partial charge in [0.2, 0.25) is 5.95 Å². The van der Waals surface area contributed by atoms with Crippen molar-refractivity contribution in [1.29, 1.82) is 0 Å². The molecule has 5 nitrogen and oxygen atoms in total. The second-order valence-corrected chi connectivity index (χ2v) is 5.14. The van der Waals surface area contributed by atoms with Gasteiger partial charge in [-0.15, -0.1) is 0 Å². The molecular weight excluding hydrogens is 348 g/mol. The fraction of sp³-hybridized carbons (Fsp3) is 0.143. The molecule has 1 aromatic heterocycles. The van der Waals surface area contributed by atoms with Crippen molar-refractivity contribution in [2.75, 3.05) is 5.32 Å². The lowest BCUT2D eigenvalue weighted by molar-refractivity contribution is 0.0971. The molecule has 0 radical (unpaired) electrons. The van der Waals surface area contributed by atoms with Crippen LogP contribution in [0.4, 0.5) is 23.5 Å². The van der Waals surface area contributed by atoms with Crippen molar-refractivity contribution in [1.82, 2.24) is 15.3 Å². The van der Waals surface area contributed by atoms with Crippen LogP contribution in [-0.4, -0.2) is 21.0 Å². The molecule has 2 aromatic rings. The van der Waals surface area contributed by atoms with Gasteiger partial charge in [0, 0.05) is 11.4 Å². The molecule has 0 aliphatic rings. The number of carbonyl (C=O) groups excluding carboxylic acids is 1. The maximum Gasteiger partial charge on any atom is 0.260 e. The number of nitrogens with one attached hydrogen (secondary N) is 2. The van der Waals surface area contributed by atoms with Crippen molar-refractivity contribution in [2.45, 2.75) is 13.8 Å². The molecule has 0 atom stereocenters. The second-order valence-electron chi connectivity index (χ2n) is 4.73. The van der Waals surface area contributed by atoms with E-state index >= 15 is 0 Å². The molecule has 24 heavy (non-hydrogen) atoms. The van der Waals surface area contributed by atoms with Crippen molar-refractivity contribution >= 4 is 29.2 Å². The highest BCUT2D eigenvalue weighted by atomic mass is 32.1. The van der Waals surface area contributed by atoms with E-state index in [4.69, 9.17) is 12.2 Å². The highest BCUT2D eigenvalue weighted by Crippen LogP contribution is 2.18. The fourth-order valence-corrected chi connectivity index (χ4v) is 2.01. The van der Waals surface area contributed by atoms with Gasteiger partial charge in [0.05, 0.1) is 5.56 Å². The van der Waals surface area contributed by atoms with E-state index < -0.39 is 34.7 Å². The molecule has 0 aliphatic heterocycles. The molecule has 1 amide bonds. The van der Waals surface area contributed by atoms with Crippen LogP contribution in [0, 0.1) is 37.1 Å². The number of aromatic nitrogens is 2. The van der Waals surface area contributed by atoms with E-state index in [0.29, 0.717) is 11.4 Å². The lowest BCUT2D eigenvalue weighted by atomic mass is 10.1. The average Bonchev–Trinajstić information content (AvgIpc) is 2.47. The molecule has 10 heteroatoms. The fourth-order valence-electron chi connectivity index (χ4n) is 1.82. The third kappa shape index (κ3) is 3.82. The number of hydrogen-bond donors (Lipinski definition) is 2. The molecular formula is C14H10F4N4OS. The van der Waals surface area contributed by atoms with Gasteiger partial charge in [-0.05, 0) is 38.2 Å². The van der Waals surface area contributed by atoms with Crippen LogP contribution in [0.2, 0.25) is 0 Å². The minimum Gasteiger partial charge on any atom is -0.301 e. The van der Waals surface area contributed by atoms with Crippen LogP contribution >= 0.6 is 12.2 Å². The zero-order valence-electron chi connectivity index (χ0n) is 12.4. The van der Waals surface area contributed by atoms with Gasteiger partial charge in [0.25, 0.3) is 5.91 Å². The molecule has 0 spiro atoms. The third-order valence-corrected chi connectivity index (χ3v) is 2.99. The summed E-state index contributed by atoms with van der Waals surface area (Å²) < 4.78 is 52.7. The summed E-state index contributed by atoms with van der Waals surface area (Å²) in [6, 6.07) is 1.94. The van der Waals surface area contributed by atoms with Gasteiger partial charge in [-0.3, -0.25) is 10.1 Å². The maximum atomic E-state index is 13.5. The Kier molecular flexibility index (Phi) is 5.07. The van der Waals surface area contributed by atoms with Crippen molar-refractivity contribution in [3.63, 3.8) is 0 Å². The lowest BCUT2D eigenvalue weighted by Gasteiger charge is -2.10. The number of benzene rings is 1. The third-order valence-electron chi connectivity index (χ3n) is 2.78. The van der Waals surface area contributed by atoms with Gasteiger partial charge >= 0.3 is 0 Å². The monoisotopic (exact) mass is 358 g/mol. The first-order valence-electron chi connectivity index (χ1n) is 6.46. The normalized spacial score (nSPS) is 10.4. The number of anilines is 1. The lowest BCUT2D eigenvalue weighted by Crippen LogP contribution is -2.35. The molecule has 0 bridgehead atoms. The van der Waals surface area contributed by atoms with E-state index in [1.165, 1.54) is 0 Å². The smallest absolute Gasteiger partial charge is 0.260 e. The number of halogens is 4. The van der Waals surface area contributed by atoms with E-state index in [1.54, 1.807) is 19.9 Å². The summed E-state index contributed by atoms with van der Waals surface area (Å²) in [5.41, 5.74) is 0.234. The largest absolute Gasteiger partial charge is 0.301 e. The Morgan fingerprint density at radius 1 is 1.00 bits per heavy atom. The first-order valence-corrected chi connectivity index (χ1v) is 6.87. The number of aryl methyl sites for hydroxylation is 2. The Balaban J connectivity index is 2.16. The Bertz CT molecular complexity index is 824. The summed E-state index contributed by atoms with van der Waals surface area (Å²) in [6.45, 7) is 3.42. The molecule has 0 saturated heterocycles. The SMILES string of the molecule is Cc1cc(C)nc(NC(=S)NC(=O)c2cc(F)c(F)c(F)c2F)n1. The van der Waals surface area contributed by atoms with Crippen LogP contribution in [0.5, 0.6) is 0 Å². The number of carbonyl (C=O) groups is 1. The Hall–Kier alpha value is -2.62. The molecule has 0 unspecified atom stereocenters. The minimum absolute atomic E-state index is 0.0785.